The fraction of sp³-hybridized carbons (Fsp3) is 0.185. The highest BCUT2D eigenvalue weighted by Crippen LogP contribution is 2.29. The fourth-order valence-electron chi connectivity index (χ4n) is 3.91. The topological polar surface area (TPSA) is 104 Å². The molecule has 9 heteroatoms. The van der Waals surface area contributed by atoms with Crippen molar-refractivity contribution in [3.05, 3.63) is 81.4 Å². The van der Waals surface area contributed by atoms with Crippen LogP contribution in [0.25, 0.3) is 32.7 Å². The quantitative estimate of drug-likeness (QED) is 0.352. The summed E-state index contributed by atoms with van der Waals surface area (Å²) in [5.74, 6) is -0.139. The van der Waals surface area contributed by atoms with E-state index in [9.17, 15) is 14.7 Å². The summed E-state index contributed by atoms with van der Waals surface area (Å²) in [4.78, 5) is 35.0. The molecule has 36 heavy (non-hydrogen) atoms. The van der Waals surface area contributed by atoms with Gasteiger partial charge in [-0.05, 0) is 69.7 Å². The van der Waals surface area contributed by atoms with Gasteiger partial charge in [-0.25, -0.2) is 14.6 Å². The van der Waals surface area contributed by atoms with Gasteiger partial charge in [-0.3, -0.25) is 4.57 Å². The Morgan fingerprint density at radius 1 is 1.06 bits per heavy atom. The van der Waals surface area contributed by atoms with Gasteiger partial charge in [0.1, 0.15) is 32.0 Å². The summed E-state index contributed by atoms with van der Waals surface area (Å²) in [7, 11) is 0. The van der Waals surface area contributed by atoms with Gasteiger partial charge in [0, 0.05) is 6.20 Å². The molecule has 3 heterocycles. The van der Waals surface area contributed by atoms with Crippen molar-refractivity contribution in [1.29, 1.82) is 0 Å². The molecule has 0 amide bonds. The number of nitrogens with zero attached hydrogens (tertiary/aromatic N) is 3. The van der Waals surface area contributed by atoms with E-state index in [2.05, 4.69) is 9.97 Å². The van der Waals surface area contributed by atoms with Gasteiger partial charge in [0.15, 0.2) is 0 Å². The number of aryl methyl sites for hydroxylation is 1. The number of pyridine rings is 1. The lowest BCUT2D eigenvalue weighted by Crippen LogP contribution is -2.27. The van der Waals surface area contributed by atoms with E-state index in [1.54, 1.807) is 45.2 Å². The second-order valence-corrected chi connectivity index (χ2v) is 10.2. The maximum atomic E-state index is 13.3. The molecule has 0 atom stereocenters. The number of ether oxygens (including phenoxy) is 2. The zero-order valence-electron chi connectivity index (χ0n) is 20.1. The molecular weight excluding hydrogens is 478 g/mol. The van der Waals surface area contributed by atoms with Crippen molar-refractivity contribution in [1.82, 2.24) is 14.5 Å². The average molecular weight is 502 g/mol. The standard InChI is InChI=1S/C27H23N3O5S/c1-15-14-17(34-16-8-6-5-7-9-16)10-11-18(15)30-19-12-13-28-24-20(19)21(29-26(30)33)23(36-24)22(31)25(32)35-27(2,3)4/h5-14,31H,1-4H3. The van der Waals surface area contributed by atoms with Gasteiger partial charge < -0.3 is 14.6 Å². The van der Waals surface area contributed by atoms with E-state index in [0.717, 1.165) is 16.9 Å². The maximum absolute atomic E-state index is 13.3. The van der Waals surface area contributed by atoms with Crippen molar-refractivity contribution in [2.45, 2.75) is 33.3 Å². The summed E-state index contributed by atoms with van der Waals surface area (Å²) >= 11 is 1.08. The first-order valence-electron chi connectivity index (χ1n) is 11.2. The predicted octanol–water partition coefficient (Wildman–Crippen LogP) is 4.82. The van der Waals surface area contributed by atoms with Crippen molar-refractivity contribution in [3.8, 4) is 17.2 Å². The molecule has 8 nitrogen and oxygen atoms in total. The molecule has 5 rings (SSSR count). The van der Waals surface area contributed by atoms with Gasteiger partial charge in [0.25, 0.3) is 0 Å². The van der Waals surface area contributed by atoms with Gasteiger partial charge in [0.05, 0.1) is 16.6 Å². The van der Waals surface area contributed by atoms with Crippen LogP contribution >= 0.6 is 11.3 Å². The van der Waals surface area contributed by atoms with Crippen LogP contribution < -0.4 is 15.0 Å². The van der Waals surface area contributed by atoms with Gasteiger partial charge >= 0.3 is 11.7 Å². The summed E-state index contributed by atoms with van der Waals surface area (Å²) < 4.78 is 12.9. The molecule has 0 aliphatic rings. The van der Waals surface area contributed by atoms with Crippen LogP contribution in [0.2, 0.25) is 0 Å². The zero-order valence-corrected chi connectivity index (χ0v) is 20.9. The van der Waals surface area contributed by atoms with Gasteiger partial charge in [-0.15, -0.1) is 11.3 Å². The minimum Gasteiger partial charge on any atom is -0.501 e. The molecule has 0 saturated carbocycles. The third-order valence-corrected chi connectivity index (χ3v) is 6.47. The minimum atomic E-state index is -0.887. The molecule has 0 fully saturated rings. The molecule has 2 aromatic carbocycles. The Labute approximate surface area is 210 Å². The lowest BCUT2D eigenvalue weighted by Gasteiger charge is -2.18. The van der Waals surface area contributed by atoms with Crippen LogP contribution in [0, 0.1) is 6.92 Å². The molecule has 0 unspecified atom stereocenters. The van der Waals surface area contributed by atoms with Crippen LogP contribution in [0.15, 0.2) is 65.6 Å². The van der Waals surface area contributed by atoms with Crippen LogP contribution in [0.4, 0.5) is 0 Å². The highest BCUT2D eigenvalue weighted by molar-refractivity contribution is 7.17. The lowest BCUT2D eigenvalue weighted by molar-refractivity contribution is -0.149. The smallest absolute Gasteiger partial charge is 0.375 e. The number of aliphatic hydroxyl groups excluding tert-OH is 1. The number of carbonyl (C=O) groups excluding carboxylic acids is 1. The van der Waals surface area contributed by atoms with Gasteiger partial charge in [0.2, 0.25) is 5.76 Å². The fourth-order valence-corrected chi connectivity index (χ4v) is 4.95. The third kappa shape index (κ3) is 4.29. The zero-order chi connectivity index (χ0) is 25.6. The summed E-state index contributed by atoms with van der Waals surface area (Å²) in [6.07, 6.45) is 1.58. The molecule has 0 radical (unpaired) electrons. The van der Waals surface area contributed by atoms with E-state index in [-0.39, 0.29) is 10.0 Å². The highest BCUT2D eigenvalue weighted by Gasteiger charge is 2.24. The van der Waals surface area contributed by atoms with E-state index in [1.807, 2.05) is 43.3 Å². The molecule has 0 bridgehead atoms. The van der Waals surface area contributed by atoms with Gasteiger partial charge in [-0.2, -0.15) is 4.98 Å². The molecule has 182 valence electrons. The van der Waals surface area contributed by atoms with Crippen molar-refractivity contribution < 1.29 is 19.4 Å². The monoisotopic (exact) mass is 501 g/mol. The molecular formula is C27H23N3O5S. The normalized spacial score (nSPS) is 12.7. The SMILES string of the molecule is Cc1cc(Oc2ccccc2)ccc1-n1c(=O)nc2c(=C(O)C(=O)OC(C)(C)C)sc3nccc1c32. The van der Waals surface area contributed by atoms with Crippen LogP contribution in [0.3, 0.4) is 0 Å². The van der Waals surface area contributed by atoms with Crippen molar-refractivity contribution in [2.24, 2.45) is 0 Å². The van der Waals surface area contributed by atoms with Crippen LogP contribution in [-0.2, 0) is 9.53 Å². The van der Waals surface area contributed by atoms with Crippen LogP contribution in [0.1, 0.15) is 26.3 Å². The van der Waals surface area contributed by atoms with Gasteiger partial charge in [-0.1, -0.05) is 18.2 Å². The summed E-state index contributed by atoms with van der Waals surface area (Å²) in [5.41, 5.74) is 0.875. The molecule has 1 N–H and O–H groups in total. The molecule has 3 aromatic heterocycles. The Hall–Kier alpha value is -4.24. The van der Waals surface area contributed by atoms with Crippen molar-refractivity contribution in [3.63, 3.8) is 0 Å². The summed E-state index contributed by atoms with van der Waals surface area (Å²) in [6.45, 7) is 7.00. The third-order valence-electron chi connectivity index (χ3n) is 5.38. The largest absolute Gasteiger partial charge is 0.501 e. The van der Waals surface area contributed by atoms with E-state index < -0.39 is 23.0 Å². The van der Waals surface area contributed by atoms with E-state index in [4.69, 9.17) is 9.47 Å². The van der Waals surface area contributed by atoms with E-state index in [0.29, 0.717) is 32.9 Å². The Balaban J connectivity index is 1.66. The summed E-state index contributed by atoms with van der Waals surface area (Å²) in [5, 5.41) is 11.3. The summed E-state index contributed by atoms with van der Waals surface area (Å²) in [6, 6.07) is 16.6. The Kier molecular flexibility index (Phi) is 5.72. The Morgan fingerprint density at radius 3 is 2.50 bits per heavy atom. The number of hydrogen-bond acceptors (Lipinski definition) is 8. The molecule has 0 aliphatic heterocycles. The number of rotatable bonds is 4. The maximum Gasteiger partial charge on any atom is 0.375 e. The second kappa shape index (κ2) is 8.76. The number of para-hydroxylation sites is 1. The number of esters is 1. The first kappa shape index (κ1) is 23.5. The number of hydrogen-bond donors (Lipinski definition) is 1. The predicted molar refractivity (Wildman–Crippen MR) is 139 cm³/mol. The van der Waals surface area contributed by atoms with Crippen LogP contribution in [0.5, 0.6) is 11.5 Å². The minimum absolute atomic E-state index is 0.149. The van der Waals surface area contributed by atoms with Crippen molar-refractivity contribution >= 4 is 44.3 Å². The average Bonchev–Trinajstić information content (AvgIpc) is 3.18. The Morgan fingerprint density at radius 2 is 1.81 bits per heavy atom. The lowest BCUT2D eigenvalue weighted by atomic mass is 10.1. The van der Waals surface area contributed by atoms with Crippen molar-refractivity contribution in [2.75, 3.05) is 0 Å². The number of thiophene rings is 1. The van der Waals surface area contributed by atoms with E-state index >= 15 is 0 Å². The number of carbonyl (C=O) groups is 1. The number of benzene rings is 2. The first-order valence-corrected chi connectivity index (χ1v) is 12.0. The highest BCUT2D eigenvalue weighted by atomic mass is 32.1. The molecule has 0 spiro atoms. The van der Waals surface area contributed by atoms with E-state index in [1.165, 1.54) is 4.57 Å². The second-order valence-electron chi connectivity index (χ2n) is 9.23. The number of aliphatic hydroxyl groups is 1. The molecule has 0 saturated heterocycles. The Bertz CT molecular complexity index is 1730. The number of aromatic nitrogens is 3. The molecule has 0 aliphatic carbocycles. The van der Waals surface area contributed by atoms with Crippen LogP contribution in [-0.4, -0.2) is 31.2 Å². The first-order chi connectivity index (χ1) is 17.1. The molecule has 5 aromatic rings.